The first-order valence-corrected chi connectivity index (χ1v) is 6.77. The van der Waals surface area contributed by atoms with Crippen molar-refractivity contribution >= 4 is 17.3 Å². The highest BCUT2D eigenvalue weighted by Crippen LogP contribution is 2.27. The summed E-state index contributed by atoms with van der Waals surface area (Å²) in [6.45, 7) is 1.08. The fourth-order valence-electron chi connectivity index (χ4n) is 2.30. The molecular weight excluding hydrogens is 276 g/mol. The van der Waals surface area contributed by atoms with Crippen molar-refractivity contribution in [3.8, 4) is 0 Å². The lowest BCUT2D eigenvalue weighted by Crippen LogP contribution is -2.35. The topological polar surface area (TPSA) is 120 Å². The molecule has 1 aromatic rings. The summed E-state index contributed by atoms with van der Waals surface area (Å²) >= 11 is 0. The van der Waals surface area contributed by atoms with Crippen molar-refractivity contribution in [2.45, 2.75) is 25.4 Å². The number of nitro groups is 1. The summed E-state index contributed by atoms with van der Waals surface area (Å²) in [6.07, 6.45) is 3.01. The number of nitrogens with two attached hydrogens (primary N) is 1. The molecule has 0 saturated carbocycles. The minimum atomic E-state index is -0.587. The molecule has 4 N–H and O–H groups in total. The minimum Gasteiger partial charge on any atom is -0.376 e. The molecule has 2 rings (SSSR count). The molecule has 0 aliphatic carbocycles. The van der Waals surface area contributed by atoms with Crippen molar-refractivity contribution in [1.29, 1.82) is 0 Å². The number of nitrogens with zero attached hydrogens (tertiary/aromatic N) is 1. The van der Waals surface area contributed by atoms with E-state index in [-0.39, 0.29) is 23.0 Å². The average molecular weight is 294 g/mol. The van der Waals surface area contributed by atoms with E-state index in [0.717, 1.165) is 19.3 Å². The van der Waals surface area contributed by atoms with Crippen molar-refractivity contribution in [3.63, 3.8) is 0 Å². The van der Waals surface area contributed by atoms with E-state index in [1.54, 1.807) is 0 Å². The molecule has 1 atom stereocenters. The Hall–Kier alpha value is -2.19. The van der Waals surface area contributed by atoms with Crippen LogP contribution in [0.15, 0.2) is 18.2 Å². The van der Waals surface area contributed by atoms with E-state index in [2.05, 4.69) is 10.7 Å². The Balaban J connectivity index is 2.07. The van der Waals surface area contributed by atoms with Crippen molar-refractivity contribution in [1.82, 2.24) is 5.32 Å². The highest BCUT2D eigenvalue weighted by Gasteiger charge is 2.22. The Morgan fingerprint density at radius 2 is 2.29 bits per heavy atom. The number of hydrogen-bond acceptors (Lipinski definition) is 6. The Labute approximate surface area is 121 Å². The predicted molar refractivity (Wildman–Crippen MR) is 76.8 cm³/mol. The maximum atomic E-state index is 12.2. The van der Waals surface area contributed by atoms with Crippen LogP contribution >= 0.6 is 0 Å². The van der Waals surface area contributed by atoms with Crippen LogP contribution in [0, 0.1) is 10.1 Å². The minimum absolute atomic E-state index is 0.00400. The summed E-state index contributed by atoms with van der Waals surface area (Å²) in [6, 6.07) is 4.22. The first kappa shape index (κ1) is 15.2. The van der Waals surface area contributed by atoms with Crippen LogP contribution in [0.25, 0.3) is 0 Å². The van der Waals surface area contributed by atoms with Gasteiger partial charge < -0.3 is 15.5 Å². The van der Waals surface area contributed by atoms with Gasteiger partial charge in [0.05, 0.1) is 16.6 Å². The molecule has 1 aromatic carbocycles. The zero-order valence-corrected chi connectivity index (χ0v) is 11.5. The zero-order chi connectivity index (χ0) is 15.2. The summed E-state index contributed by atoms with van der Waals surface area (Å²) in [4.78, 5) is 22.5. The number of amides is 1. The van der Waals surface area contributed by atoms with Crippen LogP contribution < -0.4 is 16.6 Å². The maximum Gasteiger partial charge on any atom is 0.294 e. The van der Waals surface area contributed by atoms with Crippen LogP contribution in [0.1, 0.15) is 29.6 Å². The Morgan fingerprint density at radius 3 is 2.90 bits per heavy atom. The van der Waals surface area contributed by atoms with Crippen LogP contribution in [-0.4, -0.2) is 30.1 Å². The van der Waals surface area contributed by atoms with Crippen LogP contribution in [0.5, 0.6) is 0 Å². The van der Waals surface area contributed by atoms with Gasteiger partial charge >= 0.3 is 0 Å². The number of carbonyl (C=O) groups is 1. The number of carbonyl (C=O) groups excluding carboxylic acids is 1. The van der Waals surface area contributed by atoms with Crippen LogP contribution in [-0.2, 0) is 4.74 Å². The van der Waals surface area contributed by atoms with Gasteiger partial charge in [0.1, 0.15) is 5.69 Å². The Bertz CT molecular complexity index is 529. The molecule has 0 spiro atoms. The van der Waals surface area contributed by atoms with Gasteiger partial charge in [-0.1, -0.05) is 6.07 Å². The van der Waals surface area contributed by atoms with Gasteiger partial charge in [-0.3, -0.25) is 20.8 Å². The van der Waals surface area contributed by atoms with Gasteiger partial charge in [-0.15, -0.1) is 0 Å². The quantitative estimate of drug-likeness (QED) is 0.426. The number of benzene rings is 1. The molecule has 21 heavy (non-hydrogen) atoms. The molecule has 8 heteroatoms. The third kappa shape index (κ3) is 3.67. The van der Waals surface area contributed by atoms with Gasteiger partial charge in [0.2, 0.25) is 0 Å². The Morgan fingerprint density at radius 1 is 1.48 bits per heavy atom. The lowest BCUT2D eigenvalue weighted by Gasteiger charge is -2.22. The number of para-hydroxylation sites is 1. The molecule has 1 aliphatic heterocycles. The number of nitrogen functional groups attached to an aromatic ring is 1. The molecule has 114 valence electrons. The van der Waals surface area contributed by atoms with Gasteiger partial charge in [-0.25, -0.2) is 0 Å². The van der Waals surface area contributed by atoms with Crippen LogP contribution in [0.4, 0.5) is 11.4 Å². The Kier molecular flexibility index (Phi) is 5.07. The van der Waals surface area contributed by atoms with Gasteiger partial charge in [0, 0.05) is 19.2 Å². The molecule has 1 fully saturated rings. The molecule has 0 bridgehead atoms. The predicted octanol–water partition coefficient (Wildman–Crippen LogP) is 1.18. The number of nitro benzene ring substituents is 1. The van der Waals surface area contributed by atoms with E-state index in [0.29, 0.717) is 13.2 Å². The number of anilines is 1. The van der Waals surface area contributed by atoms with E-state index in [1.807, 2.05) is 0 Å². The maximum absolute atomic E-state index is 12.2. The second kappa shape index (κ2) is 7.00. The third-order valence-electron chi connectivity index (χ3n) is 3.39. The first-order chi connectivity index (χ1) is 10.1. The summed E-state index contributed by atoms with van der Waals surface area (Å²) in [5.41, 5.74) is 2.14. The van der Waals surface area contributed by atoms with Crippen molar-refractivity contribution in [2.24, 2.45) is 5.84 Å². The van der Waals surface area contributed by atoms with E-state index < -0.39 is 10.8 Å². The van der Waals surface area contributed by atoms with Crippen LogP contribution in [0.3, 0.4) is 0 Å². The fourth-order valence-corrected chi connectivity index (χ4v) is 2.30. The lowest BCUT2D eigenvalue weighted by atomic mass is 10.1. The van der Waals surface area contributed by atoms with Crippen molar-refractivity contribution in [3.05, 3.63) is 33.9 Å². The molecule has 8 nitrogen and oxygen atoms in total. The van der Waals surface area contributed by atoms with Crippen molar-refractivity contribution in [2.75, 3.05) is 18.6 Å². The van der Waals surface area contributed by atoms with E-state index in [4.69, 9.17) is 10.6 Å². The van der Waals surface area contributed by atoms with Gasteiger partial charge in [0.25, 0.3) is 11.6 Å². The average Bonchev–Trinajstić information content (AvgIpc) is 2.52. The van der Waals surface area contributed by atoms with E-state index in [9.17, 15) is 14.9 Å². The number of ether oxygens (including phenoxy) is 1. The largest absolute Gasteiger partial charge is 0.376 e. The van der Waals surface area contributed by atoms with Crippen molar-refractivity contribution < 1.29 is 14.5 Å². The molecule has 1 unspecified atom stereocenters. The van der Waals surface area contributed by atoms with Gasteiger partial charge in [0.15, 0.2) is 0 Å². The molecule has 1 amide bonds. The fraction of sp³-hybridized carbons (Fsp3) is 0.462. The summed E-state index contributed by atoms with van der Waals surface area (Å²) < 4.78 is 5.52. The molecular formula is C13H18N4O4. The first-order valence-electron chi connectivity index (χ1n) is 6.77. The van der Waals surface area contributed by atoms with Crippen LogP contribution in [0.2, 0.25) is 0 Å². The van der Waals surface area contributed by atoms with E-state index >= 15 is 0 Å². The molecule has 1 aliphatic rings. The molecule has 1 heterocycles. The number of rotatable bonds is 5. The molecule has 0 aromatic heterocycles. The summed E-state index contributed by atoms with van der Waals surface area (Å²) in [5, 5.41) is 13.6. The number of hydrogen-bond donors (Lipinski definition) is 3. The second-order valence-electron chi connectivity index (χ2n) is 4.80. The second-order valence-corrected chi connectivity index (χ2v) is 4.80. The zero-order valence-electron chi connectivity index (χ0n) is 11.5. The highest BCUT2D eigenvalue weighted by molar-refractivity contribution is 6.01. The summed E-state index contributed by atoms with van der Waals surface area (Å²) in [7, 11) is 0. The molecule has 1 saturated heterocycles. The summed E-state index contributed by atoms with van der Waals surface area (Å²) in [5.74, 6) is 4.89. The monoisotopic (exact) mass is 294 g/mol. The SMILES string of the molecule is NNc1c(C(=O)NCC2CCCCO2)cccc1[N+](=O)[O-]. The van der Waals surface area contributed by atoms with E-state index in [1.165, 1.54) is 18.2 Å². The lowest BCUT2D eigenvalue weighted by molar-refractivity contribution is -0.384. The third-order valence-corrected chi connectivity index (χ3v) is 3.39. The molecule has 0 radical (unpaired) electrons. The number of hydrazine groups is 1. The smallest absolute Gasteiger partial charge is 0.294 e. The van der Waals surface area contributed by atoms with Gasteiger partial charge in [-0.2, -0.15) is 0 Å². The highest BCUT2D eigenvalue weighted by atomic mass is 16.6. The normalized spacial score (nSPS) is 18.0. The van der Waals surface area contributed by atoms with Gasteiger partial charge in [-0.05, 0) is 25.3 Å². The standard InChI is InChI=1S/C13H18N4O4/c14-16-12-10(5-3-6-11(12)17(19)20)13(18)15-8-9-4-1-2-7-21-9/h3,5-6,9,16H,1-2,4,7-8,14H2,(H,15,18). The number of nitrogens with one attached hydrogen (secondary N) is 2.